The maximum Gasteiger partial charge on any atom is 0.255 e. The molecule has 2 aliphatic rings. The number of hydrogen-bond donors (Lipinski definition) is 0. The minimum Gasteiger partial charge on any atom is -0.353 e. The molecule has 1 aromatic rings. The number of rotatable bonds is 4. The first-order valence-electron chi connectivity index (χ1n) is 9.12. The molecule has 0 N–H and O–H groups in total. The lowest BCUT2D eigenvalue weighted by atomic mass is 10.00. The van der Waals surface area contributed by atoms with Crippen LogP contribution in [0.3, 0.4) is 0 Å². The topological polar surface area (TPSA) is 70.6 Å². The molecular formula is C18H27N3O3S. The standard InChI is InChI=1S/C18H27N3O3S/c1-3-21(16-8-10-25(23,24)13-16)17-7-6-15(11-19-17)18(22)20-9-4-5-14(2)12-20/h6-7,11,14,16H,3-5,8-10,12-13H2,1-2H3. The summed E-state index contributed by atoms with van der Waals surface area (Å²) in [6.45, 7) is 6.49. The Hall–Kier alpha value is -1.63. The molecule has 1 amide bonds. The van der Waals surface area contributed by atoms with Crippen molar-refractivity contribution in [1.82, 2.24) is 9.88 Å². The highest BCUT2D eigenvalue weighted by atomic mass is 32.2. The molecule has 2 atom stereocenters. The number of nitrogens with zero attached hydrogens (tertiary/aromatic N) is 3. The summed E-state index contributed by atoms with van der Waals surface area (Å²) in [6, 6.07) is 3.64. The molecule has 6 nitrogen and oxygen atoms in total. The summed E-state index contributed by atoms with van der Waals surface area (Å²) in [5.74, 6) is 1.77. The number of carbonyl (C=O) groups is 1. The predicted molar refractivity (Wildman–Crippen MR) is 98.6 cm³/mol. The summed E-state index contributed by atoms with van der Waals surface area (Å²) in [6.07, 6.45) is 4.50. The number of pyridine rings is 1. The average Bonchev–Trinajstić information content (AvgIpc) is 2.95. The van der Waals surface area contributed by atoms with Crippen LogP contribution in [0.5, 0.6) is 0 Å². The number of hydrogen-bond acceptors (Lipinski definition) is 5. The number of likely N-dealkylation sites (tertiary alicyclic amines) is 1. The van der Waals surface area contributed by atoms with Crippen LogP contribution < -0.4 is 4.90 Å². The van der Waals surface area contributed by atoms with Gasteiger partial charge in [0.05, 0.1) is 17.1 Å². The monoisotopic (exact) mass is 365 g/mol. The maximum atomic E-state index is 12.6. The number of aromatic nitrogens is 1. The van der Waals surface area contributed by atoms with Crippen LogP contribution in [0.1, 0.15) is 43.5 Å². The van der Waals surface area contributed by atoms with Gasteiger partial charge >= 0.3 is 0 Å². The summed E-state index contributed by atoms with van der Waals surface area (Å²) in [5.41, 5.74) is 0.605. The second-order valence-electron chi connectivity index (χ2n) is 7.25. The van der Waals surface area contributed by atoms with E-state index in [2.05, 4.69) is 11.9 Å². The molecule has 3 heterocycles. The molecular weight excluding hydrogens is 338 g/mol. The van der Waals surface area contributed by atoms with Crippen molar-refractivity contribution in [2.24, 2.45) is 5.92 Å². The molecule has 0 spiro atoms. The molecule has 7 heteroatoms. The van der Waals surface area contributed by atoms with Crippen LogP contribution in [-0.4, -0.2) is 61.4 Å². The predicted octanol–water partition coefficient (Wildman–Crippen LogP) is 1.97. The van der Waals surface area contributed by atoms with Crippen LogP contribution in [0.4, 0.5) is 5.82 Å². The fourth-order valence-corrected chi connectivity index (χ4v) is 5.60. The lowest BCUT2D eigenvalue weighted by Gasteiger charge is -2.31. The largest absolute Gasteiger partial charge is 0.353 e. The van der Waals surface area contributed by atoms with Crippen LogP contribution in [0.2, 0.25) is 0 Å². The zero-order chi connectivity index (χ0) is 18.0. The summed E-state index contributed by atoms with van der Waals surface area (Å²) < 4.78 is 23.5. The van der Waals surface area contributed by atoms with Gasteiger partial charge in [-0.2, -0.15) is 0 Å². The molecule has 2 aliphatic heterocycles. The van der Waals surface area contributed by atoms with Crippen molar-refractivity contribution in [3.63, 3.8) is 0 Å². The van der Waals surface area contributed by atoms with Crippen LogP contribution in [-0.2, 0) is 9.84 Å². The van der Waals surface area contributed by atoms with E-state index in [4.69, 9.17) is 0 Å². The highest BCUT2D eigenvalue weighted by Crippen LogP contribution is 2.23. The third-order valence-electron chi connectivity index (χ3n) is 5.22. The second-order valence-corrected chi connectivity index (χ2v) is 9.48. The summed E-state index contributed by atoms with van der Waals surface area (Å²) >= 11 is 0. The molecule has 0 radical (unpaired) electrons. The molecule has 0 aromatic carbocycles. The third kappa shape index (κ3) is 4.14. The number of carbonyl (C=O) groups excluding carboxylic acids is 1. The first-order valence-corrected chi connectivity index (χ1v) is 10.9. The molecule has 2 unspecified atom stereocenters. The molecule has 138 valence electrons. The first-order chi connectivity index (χ1) is 11.9. The molecule has 2 fully saturated rings. The molecule has 0 aliphatic carbocycles. The SMILES string of the molecule is CCN(c1ccc(C(=O)N2CCCC(C)C2)cn1)C1CCS(=O)(=O)C1. The Bertz CT molecular complexity index is 718. The van der Waals surface area contributed by atoms with E-state index in [1.54, 1.807) is 6.20 Å². The van der Waals surface area contributed by atoms with Gasteiger partial charge in [-0.15, -0.1) is 0 Å². The van der Waals surface area contributed by atoms with Crippen molar-refractivity contribution in [2.45, 2.75) is 39.2 Å². The lowest BCUT2D eigenvalue weighted by molar-refractivity contribution is 0.0682. The summed E-state index contributed by atoms with van der Waals surface area (Å²) in [5, 5.41) is 0. The van der Waals surface area contributed by atoms with Crippen molar-refractivity contribution in [1.29, 1.82) is 0 Å². The van der Waals surface area contributed by atoms with Crippen LogP contribution >= 0.6 is 0 Å². The van der Waals surface area contributed by atoms with Gasteiger partial charge in [0.2, 0.25) is 0 Å². The minimum atomic E-state index is -2.93. The number of piperidine rings is 1. The zero-order valence-corrected chi connectivity index (χ0v) is 15.8. The molecule has 25 heavy (non-hydrogen) atoms. The quantitative estimate of drug-likeness (QED) is 0.816. The number of anilines is 1. The second kappa shape index (κ2) is 7.32. The fraction of sp³-hybridized carbons (Fsp3) is 0.667. The lowest BCUT2D eigenvalue weighted by Crippen LogP contribution is -2.39. The Balaban J connectivity index is 1.71. The van der Waals surface area contributed by atoms with Crippen LogP contribution in [0.25, 0.3) is 0 Å². The maximum absolute atomic E-state index is 12.6. The molecule has 0 bridgehead atoms. The minimum absolute atomic E-state index is 0.0213. The Morgan fingerprint density at radius 1 is 1.36 bits per heavy atom. The normalized spacial score (nSPS) is 25.8. The van der Waals surface area contributed by atoms with E-state index in [1.165, 1.54) is 6.42 Å². The van der Waals surface area contributed by atoms with Crippen molar-refractivity contribution in [2.75, 3.05) is 36.0 Å². The van der Waals surface area contributed by atoms with E-state index < -0.39 is 9.84 Å². The van der Waals surface area contributed by atoms with Gasteiger partial charge in [-0.05, 0) is 44.2 Å². The van der Waals surface area contributed by atoms with E-state index in [0.717, 1.165) is 25.3 Å². The third-order valence-corrected chi connectivity index (χ3v) is 6.97. The van der Waals surface area contributed by atoms with Crippen molar-refractivity contribution in [3.8, 4) is 0 Å². The van der Waals surface area contributed by atoms with Gasteiger partial charge in [-0.25, -0.2) is 13.4 Å². The van der Waals surface area contributed by atoms with Gasteiger partial charge in [0.25, 0.3) is 5.91 Å². The summed E-state index contributed by atoms with van der Waals surface area (Å²) in [4.78, 5) is 21.0. The zero-order valence-electron chi connectivity index (χ0n) is 15.0. The van der Waals surface area contributed by atoms with Gasteiger partial charge < -0.3 is 9.80 Å². The van der Waals surface area contributed by atoms with E-state index in [1.807, 2.05) is 28.9 Å². The van der Waals surface area contributed by atoms with E-state index in [9.17, 15) is 13.2 Å². The fourth-order valence-electron chi connectivity index (χ4n) is 3.87. The van der Waals surface area contributed by atoms with Gasteiger partial charge in [0.1, 0.15) is 5.82 Å². The Labute approximate surface area is 150 Å². The van der Waals surface area contributed by atoms with Gasteiger partial charge in [0.15, 0.2) is 9.84 Å². The molecule has 3 rings (SSSR count). The van der Waals surface area contributed by atoms with Crippen LogP contribution in [0, 0.1) is 5.92 Å². The van der Waals surface area contributed by atoms with E-state index in [-0.39, 0.29) is 23.5 Å². The van der Waals surface area contributed by atoms with Gasteiger partial charge in [0, 0.05) is 31.9 Å². The van der Waals surface area contributed by atoms with E-state index in [0.29, 0.717) is 24.4 Å². The summed E-state index contributed by atoms with van der Waals surface area (Å²) in [7, 11) is -2.93. The van der Waals surface area contributed by atoms with Crippen molar-refractivity contribution >= 4 is 21.6 Å². The smallest absolute Gasteiger partial charge is 0.255 e. The number of sulfone groups is 1. The molecule has 1 aromatic heterocycles. The van der Waals surface area contributed by atoms with Crippen molar-refractivity contribution in [3.05, 3.63) is 23.9 Å². The molecule has 0 saturated carbocycles. The Morgan fingerprint density at radius 3 is 2.72 bits per heavy atom. The first kappa shape index (κ1) is 18.2. The van der Waals surface area contributed by atoms with Gasteiger partial charge in [-0.1, -0.05) is 6.92 Å². The number of amides is 1. The average molecular weight is 365 g/mol. The van der Waals surface area contributed by atoms with E-state index >= 15 is 0 Å². The highest BCUT2D eigenvalue weighted by Gasteiger charge is 2.32. The van der Waals surface area contributed by atoms with Gasteiger partial charge in [-0.3, -0.25) is 4.79 Å². The van der Waals surface area contributed by atoms with Crippen LogP contribution in [0.15, 0.2) is 18.3 Å². The highest BCUT2D eigenvalue weighted by molar-refractivity contribution is 7.91. The van der Waals surface area contributed by atoms with Crippen molar-refractivity contribution < 1.29 is 13.2 Å². The Kier molecular flexibility index (Phi) is 5.32. The Morgan fingerprint density at radius 2 is 2.16 bits per heavy atom. The molecule has 2 saturated heterocycles.